The SMILES string of the molecule is C=CCN1C(=O)C2C(N=C3N(c4ccc(C(N)=O)cc4)C(C)=C(C)N32)N(C)C1=O. The van der Waals surface area contributed by atoms with E-state index in [0.29, 0.717) is 11.5 Å². The van der Waals surface area contributed by atoms with Crippen LogP contribution in [-0.2, 0) is 4.79 Å². The number of fused-ring (bicyclic) bond motifs is 3. The van der Waals surface area contributed by atoms with Crippen LogP contribution in [0.5, 0.6) is 0 Å². The number of hydrogen-bond acceptors (Lipinski definition) is 6. The summed E-state index contributed by atoms with van der Waals surface area (Å²) < 4.78 is 0. The molecule has 2 atom stereocenters. The first kappa shape index (κ1) is 18.7. The van der Waals surface area contributed by atoms with Gasteiger partial charge >= 0.3 is 6.03 Å². The lowest BCUT2D eigenvalue weighted by molar-refractivity contribution is -0.136. The van der Waals surface area contributed by atoms with Gasteiger partial charge in [0.2, 0.25) is 11.9 Å². The Balaban J connectivity index is 1.75. The number of benzene rings is 1. The number of allylic oxidation sites excluding steroid dienone is 2. The Hall–Kier alpha value is -3.62. The van der Waals surface area contributed by atoms with Gasteiger partial charge in [-0.05, 0) is 38.1 Å². The van der Waals surface area contributed by atoms with E-state index in [4.69, 9.17) is 10.7 Å². The molecule has 3 heterocycles. The Morgan fingerprint density at radius 2 is 1.86 bits per heavy atom. The van der Waals surface area contributed by atoms with Crippen molar-refractivity contribution in [2.45, 2.75) is 26.1 Å². The third-order valence-electron chi connectivity index (χ3n) is 5.61. The smallest absolute Gasteiger partial charge is 0.328 e. The van der Waals surface area contributed by atoms with Gasteiger partial charge < -0.3 is 10.6 Å². The number of amides is 4. The molecule has 9 nitrogen and oxygen atoms in total. The van der Waals surface area contributed by atoms with Crippen LogP contribution in [0, 0.1) is 0 Å². The van der Waals surface area contributed by atoms with Crippen molar-refractivity contribution in [2.75, 3.05) is 18.5 Å². The number of nitrogens with two attached hydrogens (primary N) is 1. The molecule has 0 aromatic heterocycles. The van der Waals surface area contributed by atoms with E-state index in [1.807, 2.05) is 23.6 Å². The molecule has 0 aliphatic carbocycles. The summed E-state index contributed by atoms with van der Waals surface area (Å²) in [6.45, 7) is 7.65. The summed E-state index contributed by atoms with van der Waals surface area (Å²) in [4.78, 5) is 48.3. The molecule has 4 rings (SSSR count). The van der Waals surface area contributed by atoms with Crippen molar-refractivity contribution in [3.05, 3.63) is 53.9 Å². The number of rotatable bonds is 4. The standard InChI is InChI=1S/C20H22N6O3/c1-5-10-24-18(28)15-17(23(4)20(24)29)22-19-25(11(2)12(3)26(15)19)14-8-6-13(7-9-14)16(21)27/h5-9,15,17H,1,10H2,2-4H3,(H2,21,27). The molecule has 4 amide bonds. The summed E-state index contributed by atoms with van der Waals surface area (Å²) in [5.41, 5.74) is 8.32. The van der Waals surface area contributed by atoms with Crippen LogP contribution in [0.25, 0.3) is 0 Å². The lowest BCUT2D eigenvalue weighted by atomic mass is 10.1. The van der Waals surface area contributed by atoms with E-state index in [2.05, 4.69) is 6.58 Å². The molecule has 1 aromatic carbocycles. The third kappa shape index (κ3) is 2.54. The molecule has 3 aliphatic rings. The quantitative estimate of drug-likeness (QED) is 0.776. The summed E-state index contributed by atoms with van der Waals surface area (Å²) in [7, 11) is 1.65. The number of carbonyl (C=O) groups is 3. The molecule has 0 radical (unpaired) electrons. The molecular formula is C20H22N6O3. The zero-order chi connectivity index (χ0) is 21.0. The van der Waals surface area contributed by atoms with Crippen molar-refractivity contribution in [1.29, 1.82) is 0 Å². The molecule has 0 saturated carbocycles. The number of imide groups is 1. The predicted octanol–water partition coefficient (Wildman–Crippen LogP) is 1.30. The molecular weight excluding hydrogens is 372 g/mol. The Morgan fingerprint density at radius 1 is 1.21 bits per heavy atom. The summed E-state index contributed by atoms with van der Waals surface area (Å²) in [5, 5.41) is 0. The molecule has 0 bridgehead atoms. The lowest BCUT2D eigenvalue weighted by Crippen LogP contribution is -2.64. The van der Waals surface area contributed by atoms with E-state index < -0.39 is 24.1 Å². The highest BCUT2D eigenvalue weighted by Gasteiger charge is 2.55. The molecule has 2 unspecified atom stereocenters. The maximum atomic E-state index is 13.1. The molecule has 1 fully saturated rings. The van der Waals surface area contributed by atoms with E-state index in [-0.39, 0.29) is 12.5 Å². The Labute approximate surface area is 168 Å². The van der Waals surface area contributed by atoms with E-state index in [0.717, 1.165) is 17.1 Å². The van der Waals surface area contributed by atoms with Gasteiger partial charge in [-0.1, -0.05) is 6.08 Å². The van der Waals surface area contributed by atoms with Crippen molar-refractivity contribution >= 4 is 29.5 Å². The zero-order valence-corrected chi connectivity index (χ0v) is 16.5. The third-order valence-corrected chi connectivity index (χ3v) is 5.61. The number of urea groups is 1. The molecule has 3 aliphatic heterocycles. The van der Waals surface area contributed by atoms with Gasteiger partial charge in [0.05, 0.1) is 0 Å². The van der Waals surface area contributed by atoms with Gasteiger partial charge in [-0.15, -0.1) is 6.58 Å². The van der Waals surface area contributed by atoms with Gasteiger partial charge in [-0.25, -0.2) is 9.79 Å². The monoisotopic (exact) mass is 394 g/mol. The van der Waals surface area contributed by atoms with Gasteiger partial charge in [0, 0.05) is 36.2 Å². The van der Waals surface area contributed by atoms with Crippen LogP contribution in [0.4, 0.5) is 10.5 Å². The van der Waals surface area contributed by atoms with Gasteiger partial charge in [0.15, 0.2) is 12.2 Å². The minimum Gasteiger partial charge on any atom is -0.366 e. The van der Waals surface area contributed by atoms with Gasteiger partial charge in [0.25, 0.3) is 5.91 Å². The first-order valence-electron chi connectivity index (χ1n) is 9.21. The molecule has 29 heavy (non-hydrogen) atoms. The number of hydrogen-bond donors (Lipinski definition) is 1. The number of carbonyl (C=O) groups excluding carboxylic acids is 3. The van der Waals surface area contributed by atoms with Crippen molar-refractivity contribution in [1.82, 2.24) is 14.7 Å². The van der Waals surface area contributed by atoms with Crippen LogP contribution in [0.15, 0.2) is 53.3 Å². The maximum absolute atomic E-state index is 13.1. The van der Waals surface area contributed by atoms with Crippen LogP contribution in [0.2, 0.25) is 0 Å². The van der Waals surface area contributed by atoms with Gasteiger partial charge in [0.1, 0.15) is 0 Å². The highest BCUT2D eigenvalue weighted by Crippen LogP contribution is 2.39. The predicted molar refractivity (Wildman–Crippen MR) is 108 cm³/mol. The average molecular weight is 394 g/mol. The summed E-state index contributed by atoms with van der Waals surface area (Å²) >= 11 is 0. The lowest BCUT2D eigenvalue weighted by Gasteiger charge is -2.40. The molecule has 9 heteroatoms. The highest BCUT2D eigenvalue weighted by molar-refractivity contribution is 6.10. The number of nitrogens with zero attached hydrogens (tertiary/aromatic N) is 5. The van der Waals surface area contributed by atoms with Crippen molar-refractivity contribution in [2.24, 2.45) is 10.7 Å². The van der Waals surface area contributed by atoms with Crippen LogP contribution in [0.1, 0.15) is 24.2 Å². The summed E-state index contributed by atoms with van der Waals surface area (Å²) in [6.07, 6.45) is 0.923. The largest absolute Gasteiger partial charge is 0.366 e. The topological polar surface area (TPSA) is 103 Å². The van der Waals surface area contributed by atoms with Crippen molar-refractivity contribution in [3.8, 4) is 0 Å². The fraction of sp³-hybridized carbons (Fsp3) is 0.300. The average Bonchev–Trinajstić information content (AvgIpc) is 3.19. The summed E-state index contributed by atoms with van der Waals surface area (Å²) in [6, 6.07) is 5.85. The fourth-order valence-electron chi connectivity index (χ4n) is 3.99. The normalized spacial score (nSPS) is 23.5. The number of guanidine groups is 1. The first-order chi connectivity index (χ1) is 13.8. The van der Waals surface area contributed by atoms with Crippen molar-refractivity contribution in [3.63, 3.8) is 0 Å². The molecule has 2 N–H and O–H groups in total. The Bertz CT molecular complexity index is 996. The highest BCUT2D eigenvalue weighted by atomic mass is 16.2. The van der Waals surface area contributed by atoms with Crippen LogP contribution >= 0.6 is 0 Å². The van der Waals surface area contributed by atoms with E-state index >= 15 is 0 Å². The molecule has 150 valence electrons. The van der Waals surface area contributed by atoms with Crippen LogP contribution < -0.4 is 10.6 Å². The molecule has 1 aromatic rings. The number of likely N-dealkylation sites (N-methyl/N-ethyl adjacent to an activating group) is 1. The minimum atomic E-state index is -0.627. The Kier molecular flexibility index (Phi) is 4.18. The summed E-state index contributed by atoms with van der Waals surface area (Å²) in [5.74, 6) is -0.217. The van der Waals surface area contributed by atoms with Crippen LogP contribution in [-0.4, -0.2) is 64.3 Å². The zero-order valence-electron chi connectivity index (χ0n) is 16.5. The number of anilines is 1. The number of primary amides is 1. The van der Waals surface area contributed by atoms with Crippen molar-refractivity contribution < 1.29 is 14.4 Å². The maximum Gasteiger partial charge on any atom is 0.328 e. The minimum absolute atomic E-state index is 0.147. The van der Waals surface area contributed by atoms with Gasteiger partial charge in [-0.3, -0.25) is 24.3 Å². The van der Waals surface area contributed by atoms with Gasteiger partial charge in [-0.2, -0.15) is 0 Å². The molecule has 0 spiro atoms. The molecule has 1 saturated heterocycles. The fourth-order valence-corrected chi connectivity index (χ4v) is 3.99. The van der Waals surface area contributed by atoms with E-state index in [9.17, 15) is 14.4 Å². The second-order valence-corrected chi connectivity index (χ2v) is 7.21. The number of aliphatic imine (C=N–C) groups is 1. The van der Waals surface area contributed by atoms with E-state index in [1.54, 1.807) is 31.3 Å². The second-order valence-electron chi connectivity index (χ2n) is 7.21. The first-order valence-corrected chi connectivity index (χ1v) is 9.21. The van der Waals surface area contributed by atoms with E-state index in [1.165, 1.54) is 15.9 Å². The van der Waals surface area contributed by atoms with Crippen LogP contribution in [0.3, 0.4) is 0 Å². The Morgan fingerprint density at radius 3 is 2.45 bits per heavy atom. The second kappa shape index (κ2) is 6.47.